The van der Waals surface area contributed by atoms with Crippen molar-refractivity contribution in [3.05, 3.63) is 0 Å². The van der Waals surface area contributed by atoms with Crippen LogP contribution in [-0.4, -0.2) is 42.5 Å². The molecule has 100 valence electrons. The van der Waals surface area contributed by atoms with Crippen molar-refractivity contribution < 1.29 is 4.79 Å². The highest BCUT2D eigenvalue weighted by molar-refractivity contribution is 5.81. The van der Waals surface area contributed by atoms with Crippen LogP contribution >= 0.6 is 0 Å². The summed E-state index contributed by atoms with van der Waals surface area (Å²) in [6, 6.07) is 0.154. The first kappa shape index (κ1) is 14.5. The van der Waals surface area contributed by atoms with Crippen LogP contribution in [0.2, 0.25) is 0 Å². The van der Waals surface area contributed by atoms with Gasteiger partial charge in [-0.25, -0.2) is 0 Å². The third kappa shape index (κ3) is 4.64. The van der Waals surface area contributed by atoms with Crippen LogP contribution in [0, 0.1) is 5.92 Å². The average Bonchev–Trinajstić information content (AvgIpc) is 2.72. The second kappa shape index (κ2) is 6.97. The highest BCUT2D eigenvalue weighted by Crippen LogP contribution is 2.15. The van der Waals surface area contributed by atoms with E-state index in [0.717, 1.165) is 26.1 Å². The van der Waals surface area contributed by atoms with Gasteiger partial charge in [-0.05, 0) is 38.3 Å². The van der Waals surface area contributed by atoms with Crippen molar-refractivity contribution in [1.82, 2.24) is 10.2 Å². The quantitative estimate of drug-likeness (QED) is 0.728. The van der Waals surface area contributed by atoms with Crippen molar-refractivity contribution in [1.29, 1.82) is 0 Å². The molecule has 1 amide bonds. The standard InChI is InChI=1S/C13H27N3O/c1-4-16-7-5-6-11(16)9-15-13(17)12(14)8-10(2)3/h10-12H,4-9,14H2,1-3H3,(H,15,17). The molecule has 3 N–H and O–H groups in total. The van der Waals surface area contributed by atoms with Gasteiger partial charge in [0.05, 0.1) is 6.04 Å². The van der Waals surface area contributed by atoms with Gasteiger partial charge in [0.2, 0.25) is 5.91 Å². The third-order valence-corrected chi connectivity index (χ3v) is 3.48. The van der Waals surface area contributed by atoms with Gasteiger partial charge in [0.1, 0.15) is 0 Å². The fourth-order valence-electron chi connectivity index (χ4n) is 2.51. The maximum Gasteiger partial charge on any atom is 0.236 e. The second-order valence-corrected chi connectivity index (χ2v) is 5.41. The van der Waals surface area contributed by atoms with Crippen LogP contribution in [0.3, 0.4) is 0 Å². The number of nitrogens with zero attached hydrogens (tertiary/aromatic N) is 1. The van der Waals surface area contributed by atoms with E-state index in [1.807, 2.05) is 0 Å². The number of carbonyl (C=O) groups is 1. The van der Waals surface area contributed by atoms with Crippen molar-refractivity contribution in [3.8, 4) is 0 Å². The molecule has 1 rings (SSSR count). The third-order valence-electron chi connectivity index (χ3n) is 3.48. The van der Waals surface area contributed by atoms with E-state index in [1.54, 1.807) is 0 Å². The van der Waals surface area contributed by atoms with E-state index in [9.17, 15) is 4.79 Å². The molecule has 4 nitrogen and oxygen atoms in total. The molecule has 0 radical (unpaired) electrons. The highest BCUT2D eigenvalue weighted by Gasteiger charge is 2.24. The Morgan fingerprint density at radius 3 is 2.82 bits per heavy atom. The summed E-state index contributed by atoms with van der Waals surface area (Å²) in [5.41, 5.74) is 5.84. The van der Waals surface area contributed by atoms with E-state index in [2.05, 4.69) is 31.0 Å². The molecule has 0 aliphatic carbocycles. The van der Waals surface area contributed by atoms with Gasteiger partial charge in [-0.15, -0.1) is 0 Å². The van der Waals surface area contributed by atoms with E-state index in [4.69, 9.17) is 5.73 Å². The Kier molecular flexibility index (Phi) is 5.92. The molecule has 0 aromatic heterocycles. The molecule has 2 atom stereocenters. The lowest BCUT2D eigenvalue weighted by Gasteiger charge is -2.23. The van der Waals surface area contributed by atoms with E-state index in [1.165, 1.54) is 12.8 Å². The largest absolute Gasteiger partial charge is 0.353 e. The van der Waals surface area contributed by atoms with Crippen molar-refractivity contribution in [2.45, 2.75) is 52.1 Å². The van der Waals surface area contributed by atoms with Crippen molar-refractivity contribution in [3.63, 3.8) is 0 Å². The topological polar surface area (TPSA) is 58.4 Å². The Balaban J connectivity index is 2.27. The summed E-state index contributed by atoms with van der Waals surface area (Å²) in [5, 5.41) is 2.99. The van der Waals surface area contributed by atoms with Gasteiger partial charge in [-0.2, -0.15) is 0 Å². The molecule has 1 aliphatic heterocycles. The first-order valence-corrected chi connectivity index (χ1v) is 6.82. The first-order chi connectivity index (χ1) is 8.04. The van der Waals surface area contributed by atoms with E-state index >= 15 is 0 Å². The van der Waals surface area contributed by atoms with Crippen molar-refractivity contribution in [2.24, 2.45) is 11.7 Å². The van der Waals surface area contributed by atoms with E-state index < -0.39 is 0 Å². The van der Waals surface area contributed by atoms with Crippen LogP contribution in [0.4, 0.5) is 0 Å². The zero-order valence-electron chi connectivity index (χ0n) is 11.4. The van der Waals surface area contributed by atoms with Crippen LogP contribution in [0.25, 0.3) is 0 Å². The summed E-state index contributed by atoms with van der Waals surface area (Å²) < 4.78 is 0. The lowest BCUT2D eigenvalue weighted by molar-refractivity contribution is -0.122. The number of hydrogen-bond acceptors (Lipinski definition) is 3. The minimum Gasteiger partial charge on any atom is -0.353 e. The Morgan fingerprint density at radius 1 is 1.53 bits per heavy atom. The van der Waals surface area contributed by atoms with Gasteiger partial charge >= 0.3 is 0 Å². The summed E-state index contributed by atoms with van der Waals surface area (Å²) in [4.78, 5) is 14.2. The number of nitrogens with one attached hydrogen (secondary N) is 1. The molecule has 4 heteroatoms. The molecule has 0 saturated carbocycles. The minimum absolute atomic E-state index is 0.00153. The molecule has 1 heterocycles. The number of likely N-dealkylation sites (tertiary alicyclic amines) is 1. The maximum atomic E-state index is 11.8. The molecule has 17 heavy (non-hydrogen) atoms. The van der Waals surface area contributed by atoms with E-state index in [-0.39, 0.29) is 11.9 Å². The Morgan fingerprint density at radius 2 is 2.24 bits per heavy atom. The van der Waals surface area contributed by atoms with Crippen LogP contribution in [-0.2, 0) is 4.79 Å². The SMILES string of the molecule is CCN1CCCC1CNC(=O)C(N)CC(C)C. The summed E-state index contributed by atoms with van der Waals surface area (Å²) >= 11 is 0. The fourth-order valence-corrected chi connectivity index (χ4v) is 2.51. The number of carbonyl (C=O) groups excluding carboxylic acids is 1. The van der Waals surface area contributed by atoms with Crippen LogP contribution in [0.1, 0.15) is 40.0 Å². The zero-order valence-corrected chi connectivity index (χ0v) is 11.4. The molecule has 1 saturated heterocycles. The zero-order chi connectivity index (χ0) is 12.8. The van der Waals surface area contributed by atoms with Crippen LogP contribution < -0.4 is 11.1 Å². The molecule has 0 aromatic rings. The first-order valence-electron chi connectivity index (χ1n) is 6.82. The number of amides is 1. The molecular weight excluding hydrogens is 214 g/mol. The monoisotopic (exact) mass is 241 g/mol. The molecule has 0 spiro atoms. The smallest absolute Gasteiger partial charge is 0.236 e. The number of likely N-dealkylation sites (N-methyl/N-ethyl adjacent to an activating group) is 1. The van der Waals surface area contributed by atoms with E-state index in [0.29, 0.717) is 12.0 Å². The van der Waals surface area contributed by atoms with Gasteiger partial charge < -0.3 is 11.1 Å². The van der Waals surface area contributed by atoms with Crippen molar-refractivity contribution >= 4 is 5.91 Å². The second-order valence-electron chi connectivity index (χ2n) is 5.41. The molecule has 0 aromatic carbocycles. The molecule has 1 fully saturated rings. The summed E-state index contributed by atoms with van der Waals surface area (Å²) in [7, 11) is 0. The highest BCUT2D eigenvalue weighted by atomic mass is 16.2. The lowest BCUT2D eigenvalue weighted by atomic mass is 10.0. The fraction of sp³-hybridized carbons (Fsp3) is 0.923. The Bertz CT molecular complexity index is 243. The van der Waals surface area contributed by atoms with Crippen LogP contribution in [0.15, 0.2) is 0 Å². The minimum atomic E-state index is -0.355. The van der Waals surface area contributed by atoms with Gasteiger partial charge in [-0.1, -0.05) is 20.8 Å². The predicted octanol–water partition coefficient (Wildman–Crippen LogP) is 0.960. The summed E-state index contributed by atoms with van der Waals surface area (Å²) in [6.07, 6.45) is 3.19. The molecular formula is C13H27N3O. The lowest BCUT2D eigenvalue weighted by Crippen LogP contribution is -2.46. The van der Waals surface area contributed by atoms with Gasteiger partial charge in [-0.3, -0.25) is 9.69 Å². The maximum absolute atomic E-state index is 11.8. The van der Waals surface area contributed by atoms with Crippen LogP contribution in [0.5, 0.6) is 0 Å². The number of hydrogen-bond donors (Lipinski definition) is 2. The summed E-state index contributed by atoms with van der Waals surface area (Å²) in [6.45, 7) is 9.32. The number of nitrogens with two attached hydrogens (primary N) is 1. The number of rotatable bonds is 6. The van der Waals surface area contributed by atoms with Crippen molar-refractivity contribution in [2.75, 3.05) is 19.6 Å². The van der Waals surface area contributed by atoms with Gasteiger partial charge in [0.25, 0.3) is 0 Å². The molecule has 0 bridgehead atoms. The summed E-state index contributed by atoms with van der Waals surface area (Å²) in [5.74, 6) is 0.469. The predicted molar refractivity (Wildman–Crippen MR) is 70.7 cm³/mol. The Hall–Kier alpha value is -0.610. The molecule has 1 aliphatic rings. The van der Waals surface area contributed by atoms with Gasteiger partial charge in [0, 0.05) is 12.6 Å². The molecule has 2 unspecified atom stereocenters. The Labute approximate surface area is 105 Å². The van der Waals surface area contributed by atoms with Gasteiger partial charge in [0.15, 0.2) is 0 Å². The average molecular weight is 241 g/mol. The normalized spacial score (nSPS) is 23.0.